The van der Waals surface area contributed by atoms with Crippen LogP contribution >= 0.6 is 11.8 Å². The molecule has 3 nitrogen and oxygen atoms in total. The number of carbonyl (C=O) groups excluding carboxylic acids is 1. The first-order valence-corrected chi connectivity index (χ1v) is 8.46. The molecule has 0 bridgehead atoms. The fourth-order valence-electron chi connectivity index (χ4n) is 3.36. The third-order valence-electron chi connectivity index (χ3n) is 4.30. The molecule has 0 radical (unpaired) electrons. The Balaban J connectivity index is 1.86. The molecular weight excluding hydrogens is 294 g/mol. The van der Waals surface area contributed by atoms with Gasteiger partial charge in [0, 0.05) is 21.6 Å². The molecule has 0 aromatic heterocycles. The standard InChI is InChI=1S/C18H17NO2S/c1-2-21-18(20)16-15-12-8-4-6-10-14(12)22-17(15)11-7-3-5-9-13(11)19-16/h3-11,13,17,19H,2H2,1H3. The van der Waals surface area contributed by atoms with Gasteiger partial charge in [-0.3, -0.25) is 0 Å². The number of hydrogen-bond acceptors (Lipinski definition) is 4. The van der Waals surface area contributed by atoms with Gasteiger partial charge in [-0.15, -0.1) is 11.8 Å². The second-order valence-electron chi connectivity index (χ2n) is 5.56. The van der Waals surface area contributed by atoms with E-state index in [1.54, 1.807) is 0 Å². The molecule has 1 N–H and O–H groups in total. The van der Waals surface area contributed by atoms with Crippen LogP contribution in [-0.4, -0.2) is 23.9 Å². The molecular formula is C18H17NO2S. The summed E-state index contributed by atoms with van der Waals surface area (Å²) in [7, 11) is 0. The molecule has 0 amide bonds. The molecule has 3 aliphatic rings. The minimum atomic E-state index is -0.249. The smallest absolute Gasteiger partial charge is 0.354 e. The molecule has 3 unspecified atom stereocenters. The molecule has 0 saturated heterocycles. The topological polar surface area (TPSA) is 38.3 Å². The van der Waals surface area contributed by atoms with Crippen LogP contribution in [0.2, 0.25) is 0 Å². The van der Waals surface area contributed by atoms with Crippen molar-refractivity contribution in [2.45, 2.75) is 23.1 Å². The van der Waals surface area contributed by atoms with Crippen molar-refractivity contribution in [2.24, 2.45) is 5.92 Å². The summed E-state index contributed by atoms with van der Waals surface area (Å²) >= 11 is 1.85. The lowest BCUT2D eigenvalue weighted by atomic mass is 9.82. The van der Waals surface area contributed by atoms with E-state index >= 15 is 0 Å². The van der Waals surface area contributed by atoms with Crippen LogP contribution in [0.5, 0.6) is 0 Å². The number of hydrogen-bond donors (Lipinski definition) is 1. The highest BCUT2D eigenvalue weighted by Gasteiger charge is 2.43. The summed E-state index contributed by atoms with van der Waals surface area (Å²) in [5.74, 6) is 0.108. The lowest BCUT2D eigenvalue weighted by Gasteiger charge is -2.36. The Kier molecular flexibility index (Phi) is 3.34. The number of rotatable bonds is 2. The maximum atomic E-state index is 12.4. The van der Waals surface area contributed by atoms with E-state index in [4.69, 9.17) is 4.74 Å². The summed E-state index contributed by atoms with van der Waals surface area (Å²) in [6, 6.07) is 8.46. The van der Waals surface area contributed by atoms with Crippen molar-refractivity contribution in [1.29, 1.82) is 0 Å². The lowest BCUT2D eigenvalue weighted by molar-refractivity contribution is -0.139. The lowest BCUT2D eigenvalue weighted by Crippen LogP contribution is -2.46. The first-order valence-electron chi connectivity index (χ1n) is 7.58. The average Bonchev–Trinajstić information content (AvgIpc) is 2.94. The van der Waals surface area contributed by atoms with E-state index in [0.717, 1.165) is 11.1 Å². The molecule has 1 aromatic rings. The quantitative estimate of drug-likeness (QED) is 0.852. The molecule has 1 aliphatic carbocycles. The first kappa shape index (κ1) is 13.7. The number of esters is 1. The SMILES string of the molecule is CCOC(=O)C1=C2c3ccccc3SC2C2C=CC=CC2N1. The van der Waals surface area contributed by atoms with E-state index in [1.165, 1.54) is 4.90 Å². The number of nitrogens with one attached hydrogen (secondary N) is 1. The molecule has 1 aromatic carbocycles. The summed E-state index contributed by atoms with van der Waals surface area (Å²) < 4.78 is 5.27. The summed E-state index contributed by atoms with van der Waals surface area (Å²) in [4.78, 5) is 13.7. The van der Waals surface area contributed by atoms with Crippen molar-refractivity contribution in [2.75, 3.05) is 6.61 Å². The van der Waals surface area contributed by atoms with Gasteiger partial charge in [-0.05, 0) is 18.6 Å². The second-order valence-corrected chi connectivity index (χ2v) is 6.74. The normalized spacial score (nSPS) is 27.8. The minimum Gasteiger partial charge on any atom is -0.461 e. The van der Waals surface area contributed by atoms with Crippen molar-refractivity contribution < 1.29 is 9.53 Å². The number of thioether (sulfide) groups is 1. The Morgan fingerprint density at radius 1 is 1.27 bits per heavy atom. The predicted molar refractivity (Wildman–Crippen MR) is 88.3 cm³/mol. The van der Waals surface area contributed by atoms with Crippen molar-refractivity contribution in [3.63, 3.8) is 0 Å². The Bertz CT molecular complexity index is 720. The van der Waals surface area contributed by atoms with Crippen LogP contribution in [0.25, 0.3) is 5.57 Å². The summed E-state index contributed by atoms with van der Waals surface area (Å²) in [6.07, 6.45) is 8.50. The molecule has 4 rings (SSSR count). The zero-order valence-electron chi connectivity index (χ0n) is 12.3. The Morgan fingerprint density at radius 3 is 2.95 bits per heavy atom. The van der Waals surface area contributed by atoms with E-state index < -0.39 is 0 Å². The van der Waals surface area contributed by atoms with Crippen LogP contribution in [-0.2, 0) is 9.53 Å². The van der Waals surface area contributed by atoms with Gasteiger partial charge in [0.2, 0.25) is 0 Å². The van der Waals surface area contributed by atoms with Gasteiger partial charge in [-0.2, -0.15) is 0 Å². The van der Waals surface area contributed by atoms with Crippen molar-refractivity contribution in [3.8, 4) is 0 Å². The van der Waals surface area contributed by atoms with Gasteiger partial charge >= 0.3 is 5.97 Å². The van der Waals surface area contributed by atoms with Gasteiger partial charge in [0.05, 0.1) is 12.6 Å². The monoisotopic (exact) mass is 311 g/mol. The van der Waals surface area contributed by atoms with Crippen LogP contribution in [0, 0.1) is 5.92 Å². The average molecular weight is 311 g/mol. The van der Waals surface area contributed by atoms with Gasteiger partial charge < -0.3 is 10.1 Å². The first-order chi connectivity index (χ1) is 10.8. The van der Waals surface area contributed by atoms with Crippen LogP contribution in [0.15, 0.2) is 59.2 Å². The Morgan fingerprint density at radius 2 is 2.09 bits per heavy atom. The van der Waals surface area contributed by atoms with Gasteiger partial charge in [0.25, 0.3) is 0 Å². The largest absolute Gasteiger partial charge is 0.461 e. The summed E-state index contributed by atoms with van der Waals surface area (Å²) in [5.41, 5.74) is 2.89. The molecule has 112 valence electrons. The third kappa shape index (κ3) is 2.02. The predicted octanol–water partition coefficient (Wildman–Crippen LogP) is 3.15. The van der Waals surface area contributed by atoms with E-state index in [-0.39, 0.29) is 17.3 Å². The van der Waals surface area contributed by atoms with Crippen LogP contribution < -0.4 is 5.32 Å². The molecule has 0 spiro atoms. The number of ether oxygens (including phenoxy) is 1. The maximum Gasteiger partial charge on any atom is 0.354 e. The van der Waals surface area contributed by atoms with Gasteiger partial charge in [0.1, 0.15) is 5.70 Å². The van der Waals surface area contributed by atoms with Crippen molar-refractivity contribution in [3.05, 3.63) is 59.8 Å². The van der Waals surface area contributed by atoms with Crippen LogP contribution in [0.1, 0.15) is 12.5 Å². The highest BCUT2D eigenvalue weighted by Crippen LogP contribution is 2.52. The molecule has 2 heterocycles. The van der Waals surface area contributed by atoms with Crippen molar-refractivity contribution in [1.82, 2.24) is 5.32 Å². The number of allylic oxidation sites excluding steroid dienone is 2. The molecule has 22 heavy (non-hydrogen) atoms. The summed E-state index contributed by atoms with van der Waals surface area (Å²) in [5, 5.41) is 3.67. The van der Waals surface area contributed by atoms with Gasteiger partial charge in [-0.25, -0.2) is 4.79 Å². The summed E-state index contributed by atoms with van der Waals surface area (Å²) in [6.45, 7) is 2.23. The van der Waals surface area contributed by atoms with Crippen molar-refractivity contribution >= 4 is 23.3 Å². The molecule has 0 fully saturated rings. The number of benzene rings is 1. The number of fused-ring (bicyclic) bond motifs is 5. The third-order valence-corrected chi connectivity index (χ3v) is 5.72. The highest BCUT2D eigenvalue weighted by molar-refractivity contribution is 8.01. The fraction of sp³-hybridized carbons (Fsp3) is 0.278. The Labute approximate surface area is 134 Å². The minimum absolute atomic E-state index is 0.153. The van der Waals surface area contributed by atoms with E-state index in [9.17, 15) is 4.79 Å². The van der Waals surface area contributed by atoms with Gasteiger partial charge in [-0.1, -0.05) is 42.5 Å². The highest BCUT2D eigenvalue weighted by atomic mass is 32.2. The van der Waals surface area contributed by atoms with E-state index in [2.05, 4.69) is 41.7 Å². The van der Waals surface area contributed by atoms with Gasteiger partial charge in [0.15, 0.2) is 0 Å². The van der Waals surface area contributed by atoms with Crippen LogP contribution in [0.3, 0.4) is 0 Å². The van der Waals surface area contributed by atoms with E-state index in [0.29, 0.717) is 18.2 Å². The zero-order valence-corrected chi connectivity index (χ0v) is 13.1. The molecule has 3 atom stereocenters. The second kappa shape index (κ2) is 5.36. The van der Waals surface area contributed by atoms with Crippen LogP contribution in [0.4, 0.5) is 0 Å². The Hall–Kier alpha value is -1.94. The molecule has 4 heteroatoms. The number of carbonyl (C=O) groups is 1. The fourth-order valence-corrected chi connectivity index (χ4v) is 4.88. The molecule has 0 saturated carbocycles. The zero-order chi connectivity index (χ0) is 15.1. The molecule has 2 aliphatic heterocycles. The van der Waals surface area contributed by atoms with E-state index in [1.807, 2.05) is 30.8 Å². The maximum absolute atomic E-state index is 12.4.